The van der Waals surface area contributed by atoms with Gasteiger partial charge in [-0.25, -0.2) is 4.98 Å². The largest absolute Gasteiger partial charge is 0.379 e. The first-order valence-corrected chi connectivity index (χ1v) is 9.08. The van der Waals surface area contributed by atoms with Gasteiger partial charge in [-0.1, -0.05) is 17.7 Å². The maximum absolute atomic E-state index is 12.2. The van der Waals surface area contributed by atoms with Gasteiger partial charge in [-0.3, -0.25) is 9.69 Å². The van der Waals surface area contributed by atoms with Crippen molar-refractivity contribution >= 4 is 29.0 Å². The Hall–Kier alpha value is -2.15. The van der Waals surface area contributed by atoms with Crippen molar-refractivity contribution in [2.45, 2.75) is 6.92 Å². The quantitative estimate of drug-likeness (QED) is 0.813. The lowest BCUT2D eigenvalue weighted by molar-refractivity contribution is 0.0383. The lowest BCUT2D eigenvalue weighted by Gasteiger charge is -2.26. The molecule has 0 radical (unpaired) electrons. The van der Waals surface area contributed by atoms with Crippen molar-refractivity contribution in [3.05, 3.63) is 52.7 Å². The smallest absolute Gasteiger partial charge is 0.252 e. The molecule has 1 aromatic heterocycles. The Kier molecular flexibility index (Phi) is 6.44. The Morgan fingerprint density at radius 1 is 1.27 bits per heavy atom. The highest BCUT2D eigenvalue weighted by molar-refractivity contribution is 6.31. The Bertz CT molecular complexity index is 746. The normalized spacial score (nSPS) is 14.8. The number of amides is 1. The Morgan fingerprint density at radius 3 is 2.81 bits per heavy atom. The first-order valence-electron chi connectivity index (χ1n) is 8.70. The molecule has 0 atom stereocenters. The monoisotopic (exact) mass is 374 g/mol. The van der Waals surface area contributed by atoms with Crippen molar-refractivity contribution in [3.8, 4) is 0 Å². The third-order valence-corrected chi connectivity index (χ3v) is 4.78. The lowest BCUT2D eigenvalue weighted by atomic mass is 10.2. The summed E-state index contributed by atoms with van der Waals surface area (Å²) in [6.07, 6.45) is 1.58. The van der Waals surface area contributed by atoms with Crippen LogP contribution in [0.25, 0.3) is 0 Å². The number of hydrogen-bond donors (Lipinski definition) is 2. The van der Waals surface area contributed by atoms with Crippen LogP contribution in [0.2, 0.25) is 5.02 Å². The molecule has 1 amide bonds. The molecule has 3 rings (SSSR count). The molecule has 2 heterocycles. The van der Waals surface area contributed by atoms with Gasteiger partial charge in [-0.05, 0) is 36.8 Å². The molecule has 1 aromatic carbocycles. The van der Waals surface area contributed by atoms with E-state index in [1.54, 1.807) is 18.3 Å². The maximum atomic E-state index is 12.2. The summed E-state index contributed by atoms with van der Waals surface area (Å²) in [5.41, 5.74) is 2.40. The fourth-order valence-corrected chi connectivity index (χ4v) is 2.91. The van der Waals surface area contributed by atoms with Gasteiger partial charge in [-0.15, -0.1) is 0 Å². The number of ether oxygens (including phenoxy) is 1. The van der Waals surface area contributed by atoms with Gasteiger partial charge in [0.2, 0.25) is 0 Å². The average Bonchev–Trinajstić information content (AvgIpc) is 2.67. The van der Waals surface area contributed by atoms with Gasteiger partial charge in [0, 0.05) is 43.1 Å². The van der Waals surface area contributed by atoms with Crippen molar-refractivity contribution in [2.75, 3.05) is 44.7 Å². The van der Waals surface area contributed by atoms with E-state index in [0.29, 0.717) is 22.9 Å². The number of nitrogens with zero attached hydrogens (tertiary/aromatic N) is 2. The number of nitrogens with one attached hydrogen (secondary N) is 2. The van der Waals surface area contributed by atoms with Crippen LogP contribution >= 0.6 is 11.6 Å². The van der Waals surface area contributed by atoms with Gasteiger partial charge in [0.15, 0.2) is 0 Å². The summed E-state index contributed by atoms with van der Waals surface area (Å²) >= 11 is 6.13. The van der Waals surface area contributed by atoms with E-state index in [4.69, 9.17) is 16.3 Å². The number of rotatable bonds is 6. The molecule has 1 fully saturated rings. The highest BCUT2D eigenvalue weighted by Gasteiger charge is 2.11. The van der Waals surface area contributed by atoms with Crippen LogP contribution in [-0.4, -0.2) is 55.2 Å². The molecule has 0 unspecified atom stereocenters. The van der Waals surface area contributed by atoms with E-state index < -0.39 is 0 Å². The van der Waals surface area contributed by atoms with E-state index in [0.717, 1.165) is 44.1 Å². The summed E-state index contributed by atoms with van der Waals surface area (Å²) in [6, 6.07) is 9.22. The zero-order valence-electron chi connectivity index (χ0n) is 14.8. The van der Waals surface area contributed by atoms with E-state index in [9.17, 15) is 4.79 Å². The van der Waals surface area contributed by atoms with Gasteiger partial charge in [0.1, 0.15) is 5.82 Å². The van der Waals surface area contributed by atoms with Crippen molar-refractivity contribution in [3.63, 3.8) is 0 Å². The summed E-state index contributed by atoms with van der Waals surface area (Å²) in [5, 5.41) is 6.85. The highest BCUT2D eigenvalue weighted by atomic mass is 35.5. The highest BCUT2D eigenvalue weighted by Crippen LogP contribution is 2.25. The molecule has 26 heavy (non-hydrogen) atoms. The minimum absolute atomic E-state index is 0.115. The lowest BCUT2D eigenvalue weighted by Crippen LogP contribution is -2.41. The van der Waals surface area contributed by atoms with Crippen LogP contribution < -0.4 is 10.6 Å². The third-order valence-electron chi connectivity index (χ3n) is 4.37. The van der Waals surface area contributed by atoms with E-state index in [2.05, 4.69) is 20.5 Å². The van der Waals surface area contributed by atoms with Crippen LogP contribution in [0.15, 0.2) is 36.5 Å². The van der Waals surface area contributed by atoms with Crippen molar-refractivity contribution in [1.29, 1.82) is 0 Å². The number of carbonyl (C=O) groups is 1. The molecule has 0 bridgehead atoms. The van der Waals surface area contributed by atoms with Gasteiger partial charge in [0.25, 0.3) is 5.91 Å². The fourth-order valence-electron chi connectivity index (χ4n) is 2.74. The zero-order chi connectivity index (χ0) is 18.4. The molecule has 7 heteroatoms. The molecule has 0 spiro atoms. The molecule has 138 valence electrons. The fraction of sp³-hybridized carbons (Fsp3) is 0.368. The molecule has 0 saturated carbocycles. The van der Waals surface area contributed by atoms with Crippen LogP contribution in [0.3, 0.4) is 0 Å². The second-order valence-electron chi connectivity index (χ2n) is 6.18. The number of halogens is 1. The minimum atomic E-state index is -0.115. The van der Waals surface area contributed by atoms with Gasteiger partial charge < -0.3 is 15.4 Å². The molecular weight excluding hydrogens is 352 g/mol. The van der Waals surface area contributed by atoms with E-state index in [1.807, 2.05) is 25.1 Å². The SMILES string of the molecule is Cc1c(Cl)cccc1Nc1ccc(C(=O)NCCN2CCOCC2)cn1. The number of aromatic nitrogens is 1. The van der Waals surface area contributed by atoms with Gasteiger partial charge in [0.05, 0.1) is 18.8 Å². The van der Waals surface area contributed by atoms with E-state index >= 15 is 0 Å². The second kappa shape index (κ2) is 8.98. The molecule has 1 aliphatic heterocycles. The van der Waals surface area contributed by atoms with Crippen LogP contribution in [0.1, 0.15) is 15.9 Å². The van der Waals surface area contributed by atoms with Gasteiger partial charge in [-0.2, -0.15) is 0 Å². The zero-order valence-corrected chi connectivity index (χ0v) is 15.6. The first kappa shape index (κ1) is 18.6. The van der Waals surface area contributed by atoms with E-state index in [1.165, 1.54) is 0 Å². The Morgan fingerprint density at radius 2 is 2.08 bits per heavy atom. The summed E-state index contributed by atoms with van der Waals surface area (Å²) in [6.45, 7) is 6.75. The molecule has 1 aliphatic rings. The topological polar surface area (TPSA) is 66.5 Å². The Labute approximate surface area is 158 Å². The Balaban J connectivity index is 1.51. The number of carbonyl (C=O) groups excluding carboxylic acids is 1. The molecule has 2 aromatic rings. The summed E-state index contributed by atoms with van der Waals surface area (Å²) in [4.78, 5) is 18.8. The summed E-state index contributed by atoms with van der Waals surface area (Å²) in [7, 11) is 0. The molecular formula is C19H23ClN4O2. The van der Waals surface area contributed by atoms with Crippen molar-refractivity contribution in [2.24, 2.45) is 0 Å². The molecule has 2 N–H and O–H groups in total. The van der Waals surface area contributed by atoms with Crippen molar-refractivity contribution < 1.29 is 9.53 Å². The molecule has 1 saturated heterocycles. The van der Waals surface area contributed by atoms with E-state index in [-0.39, 0.29) is 5.91 Å². The van der Waals surface area contributed by atoms with Crippen LogP contribution in [0, 0.1) is 6.92 Å². The number of benzene rings is 1. The van der Waals surface area contributed by atoms with Crippen LogP contribution in [-0.2, 0) is 4.74 Å². The molecule has 6 nitrogen and oxygen atoms in total. The summed E-state index contributed by atoms with van der Waals surface area (Å²) in [5.74, 6) is 0.552. The number of pyridine rings is 1. The third kappa shape index (κ3) is 4.94. The molecule has 0 aliphatic carbocycles. The maximum Gasteiger partial charge on any atom is 0.252 e. The van der Waals surface area contributed by atoms with Gasteiger partial charge >= 0.3 is 0 Å². The van der Waals surface area contributed by atoms with Crippen molar-refractivity contribution in [1.82, 2.24) is 15.2 Å². The van der Waals surface area contributed by atoms with Crippen LogP contribution in [0.5, 0.6) is 0 Å². The predicted octanol–water partition coefficient (Wildman–Crippen LogP) is 2.85. The second-order valence-corrected chi connectivity index (χ2v) is 6.59. The standard InChI is InChI=1S/C19H23ClN4O2/c1-14-16(20)3-2-4-17(14)23-18-6-5-15(13-22-18)19(25)21-7-8-24-9-11-26-12-10-24/h2-6,13H,7-12H2,1H3,(H,21,25)(H,22,23). The minimum Gasteiger partial charge on any atom is -0.379 e. The summed E-state index contributed by atoms with van der Waals surface area (Å²) < 4.78 is 5.31. The number of morpholine rings is 1. The first-order chi connectivity index (χ1) is 12.6. The average molecular weight is 375 g/mol. The predicted molar refractivity (Wildman–Crippen MR) is 103 cm³/mol. The number of hydrogen-bond acceptors (Lipinski definition) is 5. The van der Waals surface area contributed by atoms with Crippen LogP contribution in [0.4, 0.5) is 11.5 Å². The number of anilines is 2.